The van der Waals surface area contributed by atoms with Crippen LogP contribution in [0.5, 0.6) is 0 Å². The second-order valence-electron chi connectivity index (χ2n) is 6.82. The summed E-state index contributed by atoms with van der Waals surface area (Å²) in [6, 6.07) is 38.1. The molecule has 0 aliphatic carbocycles. The highest BCUT2D eigenvalue weighted by Gasteiger charge is 2.15. The summed E-state index contributed by atoms with van der Waals surface area (Å²) < 4.78 is 0. The van der Waals surface area contributed by atoms with Gasteiger partial charge in [-0.1, -0.05) is 72.8 Å². The lowest BCUT2D eigenvalue weighted by atomic mass is 10.00. The second-order valence-corrected chi connectivity index (χ2v) is 6.82. The minimum absolute atomic E-state index is 1.17. The molecule has 0 heterocycles. The highest BCUT2D eigenvalue weighted by molar-refractivity contribution is 5.90. The SMILES string of the molecule is CN(c1ccccc1)c1ccccc1-c1ccccc1N(C)c1ccccc1. The maximum atomic E-state index is 2.24. The Balaban J connectivity index is 1.81. The van der Waals surface area contributed by atoms with Gasteiger partial charge in [-0.05, 0) is 36.4 Å². The molecule has 2 nitrogen and oxygen atoms in total. The Morgan fingerprint density at radius 2 is 0.714 bits per heavy atom. The lowest BCUT2D eigenvalue weighted by molar-refractivity contribution is 1.19. The fourth-order valence-corrected chi connectivity index (χ4v) is 3.57. The molecule has 0 atom stereocenters. The van der Waals surface area contributed by atoms with Crippen LogP contribution in [-0.4, -0.2) is 14.1 Å². The van der Waals surface area contributed by atoms with Crippen LogP contribution in [0.1, 0.15) is 0 Å². The Morgan fingerprint density at radius 3 is 1.11 bits per heavy atom. The van der Waals surface area contributed by atoms with Crippen LogP contribution in [0.3, 0.4) is 0 Å². The Bertz CT molecular complexity index is 955. The van der Waals surface area contributed by atoms with Gasteiger partial charge in [0.05, 0.1) is 0 Å². The van der Waals surface area contributed by atoms with Crippen molar-refractivity contribution >= 4 is 22.7 Å². The van der Waals surface area contributed by atoms with Gasteiger partial charge in [0.1, 0.15) is 0 Å². The van der Waals surface area contributed by atoms with E-state index in [9.17, 15) is 0 Å². The molecular formula is C26H24N2. The van der Waals surface area contributed by atoms with Gasteiger partial charge in [0, 0.05) is 48.0 Å². The lowest BCUT2D eigenvalue weighted by Gasteiger charge is -2.26. The Morgan fingerprint density at radius 1 is 0.393 bits per heavy atom. The van der Waals surface area contributed by atoms with Crippen molar-refractivity contribution in [1.29, 1.82) is 0 Å². The molecule has 0 radical (unpaired) electrons. The molecule has 0 aromatic heterocycles. The molecule has 0 spiro atoms. The number of rotatable bonds is 5. The van der Waals surface area contributed by atoms with E-state index in [1.807, 2.05) is 12.1 Å². The van der Waals surface area contributed by atoms with E-state index in [-0.39, 0.29) is 0 Å². The molecule has 0 aliphatic rings. The predicted octanol–water partition coefficient (Wildman–Crippen LogP) is 6.89. The Hall–Kier alpha value is -3.52. The fraction of sp³-hybridized carbons (Fsp3) is 0.0769. The van der Waals surface area contributed by atoms with Gasteiger partial charge in [-0.2, -0.15) is 0 Å². The first-order valence-electron chi connectivity index (χ1n) is 9.51. The minimum atomic E-state index is 1.17. The third-order valence-corrected chi connectivity index (χ3v) is 5.11. The zero-order valence-electron chi connectivity index (χ0n) is 16.3. The van der Waals surface area contributed by atoms with E-state index in [0.717, 1.165) is 0 Å². The molecule has 0 amide bonds. The van der Waals surface area contributed by atoms with Crippen LogP contribution in [0.2, 0.25) is 0 Å². The summed E-state index contributed by atoms with van der Waals surface area (Å²) in [6.07, 6.45) is 0. The van der Waals surface area contributed by atoms with Crippen molar-refractivity contribution < 1.29 is 0 Å². The molecule has 138 valence electrons. The number of hydrogen-bond acceptors (Lipinski definition) is 2. The first-order chi connectivity index (χ1) is 13.8. The Kier molecular flexibility index (Phi) is 5.11. The molecule has 0 saturated carbocycles. The zero-order valence-corrected chi connectivity index (χ0v) is 16.3. The van der Waals surface area contributed by atoms with Gasteiger partial charge in [-0.15, -0.1) is 0 Å². The molecule has 0 aliphatic heterocycles. The van der Waals surface area contributed by atoms with Gasteiger partial charge in [0.15, 0.2) is 0 Å². The molecule has 2 heteroatoms. The van der Waals surface area contributed by atoms with E-state index in [1.165, 1.54) is 33.9 Å². The first kappa shape index (κ1) is 17.9. The van der Waals surface area contributed by atoms with Crippen LogP contribution in [0, 0.1) is 0 Å². The van der Waals surface area contributed by atoms with E-state index in [1.54, 1.807) is 0 Å². The monoisotopic (exact) mass is 364 g/mol. The van der Waals surface area contributed by atoms with Gasteiger partial charge in [-0.3, -0.25) is 0 Å². The quantitative estimate of drug-likeness (QED) is 0.380. The van der Waals surface area contributed by atoms with Crippen molar-refractivity contribution in [3.05, 3.63) is 109 Å². The molecular weight excluding hydrogens is 340 g/mol. The van der Waals surface area contributed by atoms with Crippen molar-refractivity contribution in [1.82, 2.24) is 0 Å². The Labute approximate surface area is 167 Å². The molecule has 0 unspecified atom stereocenters. The zero-order chi connectivity index (χ0) is 19.3. The van der Waals surface area contributed by atoms with Crippen molar-refractivity contribution in [2.75, 3.05) is 23.9 Å². The van der Waals surface area contributed by atoms with Crippen molar-refractivity contribution in [2.24, 2.45) is 0 Å². The summed E-state index contributed by atoms with van der Waals surface area (Å²) in [7, 11) is 4.25. The van der Waals surface area contributed by atoms with E-state index in [4.69, 9.17) is 0 Å². The summed E-state index contributed by atoms with van der Waals surface area (Å²) in [4.78, 5) is 4.49. The van der Waals surface area contributed by atoms with Crippen LogP contribution in [0.25, 0.3) is 11.1 Å². The lowest BCUT2D eigenvalue weighted by Crippen LogP contribution is -2.13. The standard InChI is InChI=1S/C26H24N2/c1-27(21-13-5-3-6-14-21)25-19-11-9-17-23(25)24-18-10-12-20-26(24)28(2)22-15-7-4-8-16-22/h3-20H,1-2H3. The van der Waals surface area contributed by atoms with Gasteiger partial charge >= 0.3 is 0 Å². The first-order valence-corrected chi connectivity index (χ1v) is 9.51. The minimum Gasteiger partial charge on any atom is -0.344 e. The predicted molar refractivity (Wildman–Crippen MR) is 121 cm³/mol. The highest BCUT2D eigenvalue weighted by Crippen LogP contribution is 2.40. The van der Waals surface area contributed by atoms with Crippen molar-refractivity contribution in [3.8, 4) is 11.1 Å². The van der Waals surface area contributed by atoms with Gasteiger partial charge in [0.2, 0.25) is 0 Å². The average Bonchev–Trinajstić information content (AvgIpc) is 2.79. The number of nitrogens with zero attached hydrogens (tertiary/aromatic N) is 2. The van der Waals surface area contributed by atoms with Crippen LogP contribution >= 0.6 is 0 Å². The van der Waals surface area contributed by atoms with Crippen LogP contribution < -0.4 is 9.80 Å². The van der Waals surface area contributed by atoms with Crippen LogP contribution in [-0.2, 0) is 0 Å². The van der Waals surface area contributed by atoms with E-state index >= 15 is 0 Å². The maximum absolute atomic E-state index is 2.24. The topological polar surface area (TPSA) is 6.48 Å². The summed E-state index contributed by atoms with van der Waals surface area (Å²) in [5, 5.41) is 0. The normalized spacial score (nSPS) is 10.5. The molecule has 4 aromatic carbocycles. The molecule has 0 bridgehead atoms. The average molecular weight is 364 g/mol. The summed E-state index contributed by atoms with van der Waals surface area (Å²) >= 11 is 0. The smallest absolute Gasteiger partial charge is 0.0488 e. The third kappa shape index (κ3) is 3.49. The number of anilines is 4. The van der Waals surface area contributed by atoms with E-state index < -0.39 is 0 Å². The van der Waals surface area contributed by atoms with E-state index in [2.05, 4.69) is 121 Å². The molecule has 4 aromatic rings. The van der Waals surface area contributed by atoms with Gasteiger partial charge in [0.25, 0.3) is 0 Å². The second kappa shape index (κ2) is 8.01. The molecule has 0 saturated heterocycles. The van der Waals surface area contributed by atoms with Crippen LogP contribution in [0.15, 0.2) is 109 Å². The summed E-state index contributed by atoms with van der Waals surface area (Å²) in [6.45, 7) is 0. The largest absolute Gasteiger partial charge is 0.344 e. The summed E-state index contributed by atoms with van der Waals surface area (Å²) in [5.41, 5.74) is 7.14. The van der Waals surface area contributed by atoms with E-state index in [0.29, 0.717) is 0 Å². The maximum Gasteiger partial charge on any atom is 0.0488 e. The number of para-hydroxylation sites is 4. The van der Waals surface area contributed by atoms with Gasteiger partial charge < -0.3 is 9.80 Å². The fourth-order valence-electron chi connectivity index (χ4n) is 3.57. The number of benzene rings is 4. The molecule has 0 fully saturated rings. The highest BCUT2D eigenvalue weighted by atomic mass is 15.1. The van der Waals surface area contributed by atoms with Crippen molar-refractivity contribution in [3.63, 3.8) is 0 Å². The number of hydrogen-bond donors (Lipinski definition) is 0. The molecule has 28 heavy (non-hydrogen) atoms. The summed E-state index contributed by atoms with van der Waals surface area (Å²) in [5.74, 6) is 0. The van der Waals surface area contributed by atoms with Crippen LogP contribution in [0.4, 0.5) is 22.7 Å². The van der Waals surface area contributed by atoms with Gasteiger partial charge in [-0.25, -0.2) is 0 Å². The van der Waals surface area contributed by atoms with Crippen molar-refractivity contribution in [2.45, 2.75) is 0 Å². The molecule has 4 rings (SSSR count). The third-order valence-electron chi connectivity index (χ3n) is 5.11. The molecule has 0 N–H and O–H groups in total.